The molecular formula is C20H22N4O3. The lowest BCUT2D eigenvalue weighted by atomic mass is 10.0. The molecule has 1 amide bonds. The molecule has 0 aliphatic heterocycles. The van der Waals surface area contributed by atoms with Crippen LogP contribution in [0.4, 0.5) is 5.69 Å². The summed E-state index contributed by atoms with van der Waals surface area (Å²) >= 11 is 0. The highest BCUT2D eigenvalue weighted by atomic mass is 16.4. The number of nitrogens with zero attached hydrogens (tertiary/aromatic N) is 1. The van der Waals surface area contributed by atoms with Gasteiger partial charge in [-0.15, -0.1) is 0 Å². The third-order valence-electron chi connectivity index (χ3n) is 3.83. The Hall–Kier alpha value is -3.45. The summed E-state index contributed by atoms with van der Waals surface area (Å²) in [5.41, 5.74) is 5.84. The Morgan fingerprint density at radius 3 is 2.59 bits per heavy atom. The van der Waals surface area contributed by atoms with Crippen molar-refractivity contribution in [2.24, 2.45) is 10.8 Å². The number of allylic oxidation sites excluding steroid dienone is 1. The van der Waals surface area contributed by atoms with Crippen LogP contribution in [-0.4, -0.2) is 23.3 Å². The molecule has 0 aliphatic rings. The SMILES string of the molecule is CCC(=CC(=O)O)c1cccc(CNC(=O)c2cccc(N=CNN)c2)c1. The van der Waals surface area contributed by atoms with Gasteiger partial charge in [0.1, 0.15) is 6.34 Å². The van der Waals surface area contributed by atoms with Crippen molar-refractivity contribution in [3.05, 3.63) is 71.3 Å². The van der Waals surface area contributed by atoms with Gasteiger partial charge in [0.05, 0.1) is 5.69 Å². The first-order valence-corrected chi connectivity index (χ1v) is 8.43. The normalized spacial score (nSPS) is 11.4. The van der Waals surface area contributed by atoms with Gasteiger partial charge in [-0.25, -0.2) is 15.6 Å². The molecule has 7 nitrogen and oxygen atoms in total. The number of nitrogens with one attached hydrogen (secondary N) is 2. The van der Waals surface area contributed by atoms with E-state index in [0.717, 1.165) is 16.7 Å². The van der Waals surface area contributed by atoms with Gasteiger partial charge in [-0.1, -0.05) is 31.2 Å². The van der Waals surface area contributed by atoms with Gasteiger partial charge < -0.3 is 15.8 Å². The second kappa shape index (κ2) is 9.88. The van der Waals surface area contributed by atoms with Crippen molar-refractivity contribution in [1.82, 2.24) is 10.7 Å². The molecule has 2 aromatic carbocycles. The fraction of sp³-hybridized carbons (Fsp3) is 0.150. The van der Waals surface area contributed by atoms with Crippen LogP contribution in [0, 0.1) is 0 Å². The minimum atomic E-state index is -0.974. The molecule has 0 bridgehead atoms. The van der Waals surface area contributed by atoms with Crippen molar-refractivity contribution in [3.63, 3.8) is 0 Å². The van der Waals surface area contributed by atoms with Gasteiger partial charge in [-0.05, 0) is 47.4 Å². The van der Waals surface area contributed by atoms with E-state index in [1.807, 2.05) is 31.2 Å². The number of rotatable bonds is 8. The summed E-state index contributed by atoms with van der Waals surface area (Å²) < 4.78 is 0. The fourth-order valence-electron chi connectivity index (χ4n) is 2.54. The number of carboxylic acids is 1. The fourth-order valence-corrected chi connectivity index (χ4v) is 2.54. The molecule has 0 saturated carbocycles. The standard InChI is InChI=1S/C20H22N4O3/c1-2-15(11-19(25)26)16-6-3-5-14(9-16)12-22-20(27)17-7-4-8-18(10-17)23-13-24-21/h3-11,13H,2,12,21H2,1H3,(H,22,27)(H,23,24)(H,25,26). The van der Waals surface area contributed by atoms with Crippen molar-refractivity contribution in [2.75, 3.05) is 0 Å². The molecule has 2 aromatic rings. The molecule has 5 N–H and O–H groups in total. The van der Waals surface area contributed by atoms with E-state index in [4.69, 9.17) is 10.9 Å². The van der Waals surface area contributed by atoms with Crippen molar-refractivity contribution in [1.29, 1.82) is 0 Å². The average molecular weight is 366 g/mol. The highest BCUT2D eigenvalue weighted by molar-refractivity contribution is 5.95. The smallest absolute Gasteiger partial charge is 0.328 e. The van der Waals surface area contributed by atoms with Crippen LogP contribution in [0.15, 0.2) is 59.6 Å². The lowest BCUT2D eigenvalue weighted by Gasteiger charge is -2.09. The Morgan fingerprint density at radius 1 is 1.15 bits per heavy atom. The number of hydrogen-bond donors (Lipinski definition) is 4. The number of aliphatic carboxylic acids is 1. The van der Waals surface area contributed by atoms with Crippen LogP contribution in [0.5, 0.6) is 0 Å². The molecule has 0 radical (unpaired) electrons. The Labute approximate surface area is 157 Å². The van der Waals surface area contributed by atoms with Crippen LogP contribution < -0.4 is 16.6 Å². The number of carboxylic acid groups (broad SMARTS) is 1. The molecular weight excluding hydrogens is 344 g/mol. The van der Waals surface area contributed by atoms with Gasteiger partial charge in [0.15, 0.2) is 0 Å². The lowest BCUT2D eigenvalue weighted by Crippen LogP contribution is -2.22. The second-order valence-corrected chi connectivity index (χ2v) is 5.72. The van der Waals surface area contributed by atoms with E-state index < -0.39 is 5.97 Å². The van der Waals surface area contributed by atoms with Gasteiger partial charge in [-0.3, -0.25) is 4.79 Å². The number of hydrogen-bond acceptors (Lipinski definition) is 4. The number of aliphatic imine (C=N–C) groups is 1. The molecule has 27 heavy (non-hydrogen) atoms. The van der Waals surface area contributed by atoms with Crippen molar-refractivity contribution in [3.8, 4) is 0 Å². The molecule has 0 spiro atoms. The molecule has 7 heteroatoms. The van der Waals surface area contributed by atoms with E-state index >= 15 is 0 Å². The Bertz CT molecular complexity index is 875. The predicted molar refractivity (Wildman–Crippen MR) is 105 cm³/mol. The average Bonchev–Trinajstić information content (AvgIpc) is 2.69. The van der Waals surface area contributed by atoms with Gasteiger partial charge in [0, 0.05) is 18.2 Å². The summed E-state index contributed by atoms with van der Waals surface area (Å²) in [4.78, 5) is 27.4. The van der Waals surface area contributed by atoms with Gasteiger partial charge in [0.2, 0.25) is 0 Å². The molecule has 0 aliphatic carbocycles. The van der Waals surface area contributed by atoms with E-state index in [2.05, 4.69) is 15.7 Å². The van der Waals surface area contributed by atoms with Crippen LogP contribution in [0.1, 0.15) is 34.8 Å². The summed E-state index contributed by atoms with van der Waals surface area (Å²) in [5.74, 6) is 3.94. The third-order valence-corrected chi connectivity index (χ3v) is 3.83. The Kier molecular flexibility index (Phi) is 7.27. The lowest BCUT2D eigenvalue weighted by molar-refractivity contribution is -0.131. The van der Waals surface area contributed by atoms with Gasteiger partial charge in [-0.2, -0.15) is 0 Å². The molecule has 2 rings (SSSR count). The minimum absolute atomic E-state index is 0.227. The van der Waals surface area contributed by atoms with E-state index in [9.17, 15) is 9.59 Å². The molecule has 0 atom stereocenters. The molecule has 0 saturated heterocycles. The van der Waals surface area contributed by atoms with E-state index in [0.29, 0.717) is 24.2 Å². The molecule has 0 fully saturated rings. The third kappa shape index (κ3) is 6.09. The summed E-state index contributed by atoms with van der Waals surface area (Å²) in [6.45, 7) is 2.23. The van der Waals surface area contributed by atoms with E-state index in [1.54, 1.807) is 24.3 Å². The zero-order valence-electron chi connectivity index (χ0n) is 15.0. The Balaban J connectivity index is 2.08. The Morgan fingerprint density at radius 2 is 1.89 bits per heavy atom. The predicted octanol–water partition coefficient (Wildman–Crippen LogP) is 2.62. The van der Waals surface area contributed by atoms with Crippen LogP contribution in [0.25, 0.3) is 5.57 Å². The highest BCUT2D eigenvalue weighted by Crippen LogP contribution is 2.19. The number of carbonyl (C=O) groups excluding carboxylic acids is 1. The van der Waals surface area contributed by atoms with E-state index in [1.165, 1.54) is 12.4 Å². The quantitative estimate of drug-likeness (QED) is 0.188. The summed E-state index contributed by atoms with van der Waals surface area (Å²) in [6, 6.07) is 14.3. The van der Waals surface area contributed by atoms with Gasteiger partial charge in [0.25, 0.3) is 5.91 Å². The molecule has 140 valence electrons. The first kappa shape index (κ1) is 19.9. The topological polar surface area (TPSA) is 117 Å². The van der Waals surface area contributed by atoms with Crippen molar-refractivity contribution in [2.45, 2.75) is 19.9 Å². The highest BCUT2D eigenvalue weighted by Gasteiger charge is 2.07. The first-order valence-electron chi connectivity index (χ1n) is 8.43. The van der Waals surface area contributed by atoms with Crippen molar-refractivity contribution < 1.29 is 14.7 Å². The second-order valence-electron chi connectivity index (χ2n) is 5.72. The zero-order chi connectivity index (χ0) is 19.6. The van der Waals surface area contributed by atoms with Crippen LogP contribution in [0.2, 0.25) is 0 Å². The summed E-state index contributed by atoms with van der Waals surface area (Å²) in [7, 11) is 0. The molecule has 0 aromatic heterocycles. The number of amides is 1. The largest absolute Gasteiger partial charge is 0.478 e. The zero-order valence-corrected chi connectivity index (χ0v) is 15.0. The van der Waals surface area contributed by atoms with Crippen LogP contribution in [0.3, 0.4) is 0 Å². The van der Waals surface area contributed by atoms with E-state index in [-0.39, 0.29) is 5.91 Å². The van der Waals surface area contributed by atoms with Crippen molar-refractivity contribution >= 4 is 29.5 Å². The summed E-state index contributed by atoms with van der Waals surface area (Å²) in [6.07, 6.45) is 3.14. The first-order chi connectivity index (χ1) is 13.0. The van der Waals surface area contributed by atoms with Crippen LogP contribution in [-0.2, 0) is 11.3 Å². The summed E-state index contributed by atoms with van der Waals surface area (Å²) in [5, 5.41) is 11.8. The van der Waals surface area contributed by atoms with Gasteiger partial charge >= 0.3 is 5.97 Å². The number of hydrazine groups is 1. The maximum Gasteiger partial charge on any atom is 0.328 e. The number of benzene rings is 2. The molecule has 0 unspecified atom stereocenters. The molecule has 0 heterocycles. The van der Waals surface area contributed by atoms with Crippen LogP contribution >= 0.6 is 0 Å². The minimum Gasteiger partial charge on any atom is -0.478 e. The monoisotopic (exact) mass is 366 g/mol. The number of carbonyl (C=O) groups is 2. The maximum absolute atomic E-state index is 12.4. The number of nitrogens with two attached hydrogens (primary N) is 1. The maximum atomic E-state index is 12.4.